The summed E-state index contributed by atoms with van der Waals surface area (Å²) in [6.07, 6.45) is 2.65. The third-order valence-electron chi connectivity index (χ3n) is 3.58. The van der Waals surface area contributed by atoms with Gasteiger partial charge in [0.2, 0.25) is 5.88 Å². The molecule has 1 aromatic heterocycles. The van der Waals surface area contributed by atoms with Crippen LogP contribution in [0.25, 0.3) is 0 Å². The topological polar surface area (TPSA) is 51.2 Å². The van der Waals surface area contributed by atoms with Crippen LogP contribution < -0.4 is 10.1 Å². The molecule has 1 aliphatic heterocycles. The molecule has 1 fully saturated rings. The van der Waals surface area contributed by atoms with Crippen molar-refractivity contribution in [2.45, 2.75) is 19.1 Å². The Morgan fingerprint density at radius 2 is 2.22 bits per heavy atom. The van der Waals surface area contributed by atoms with Crippen molar-refractivity contribution >= 4 is 17.7 Å². The molecule has 0 radical (unpaired) electrons. The van der Waals surface area contributed by atoms with Crippen LogP contribution in [0.1, 0.15) is 22.3 Å². The summed E-state index contributed by atoms with van der Waals surface area (Å²) in [5.41, 5.74) is 0.820. The summed E-state index contributed by atoms with van der Waals surface area (Å²) in [5, 5.41) is 2.72. The first-order valence-electron chi connectivity index (χ1n) is 7.45. The first-order valence-corrected chi connectivity index (χ1v) is 8.60. The van der Waals surface area contributed by atoms with Crippen LogP contribution in [-0.2, 0) is 6.54 Å². The molecule has 6 heteroatoms. The second-order valence-electron chi connectivity index (χ2n) is 5.23. The van der Waals surface area contributed by atoms with Crippen LogP contribution >= 0.6 is 11.8 Å². The number of carbonyl (C=O) groups is 1. The minimum Gasteiger partial charge on any atom is -0.473 e. The van der Waals surface area contributed by atoms with E-state index in [0.29, 0.717) is 17.0 Å². The molecule has 2 heterocycles. The van der Waals surface area contributed by atoms with Crippen LogP contribution in [0.5, 0.6) is 5.88 Å². The maximum Gasteiger partial charge on any atom is 0.257 e. The fraction of sp³-hybridized carbons (Fsp3) is 0.294. The van der Waals surface area contributed by atoms with Gasteiger partial charge in [0.25, 0.3) is 5.91 Å². The number of thioether (sulfide) groups is 1. The summed E-state index contributed by atoms with van der Waals surface area (Å²) in [6, 6.07) is 9.73. The van der Waals surface area contributed by atoms with Crippen LogP contribution in [0.15, 0.2) is 42.6 Å². The first kappa shape index (κ1) is 15.8. The smallest absolute Gasteiger partial charge is 0.257 e. The van der Waals surface area contributed by atoms with Gasteiger partial charge in [0.15, 0.2) is 0 Å². The summed E-state index contributed by atoms with van der Waals surface area (Å²) in [6.45, 7) is 0.124. The van der Waals surface area contributed by atoms with Crippen LogP contribution in [-0.4, -0.2) is 28.5 Å². The van der Waals surface area contributed by atoms with Crippen molar-refractivity contribution in [3.63, 3.8) is 0 Å². The van der Waals surface area contributed by atoms with Crippen LogP contribution in [0.3, 0.4) is 0 Å². The number of pyridine rings is 1. The van der Waals surface area contributed by atoms with E-state index in [1.54, 1.807) is 36.5 Å². The van der Waals surface area contributed by atoms with Gasteiger partial charge in [-0.05, 0) is 30.4 Å². The summed E-state index contributed by atoms with van der Waals surface area (Å²) < 4.78 is 19.4. The molecule has 4 nitrogen and oxygen atoms in total. The Morgan fingerprint density at radius 1 is 1.35 bits per heavy atom. The number of hydrogen-bond donors (Lipinski definition) is 1. The molecule has 1 unspecified atom stereocenters. The van der Waals surface area contributed by atoms with Crippen LogP contribution in [0.2, 0.25) is 0 Å². The van der Waals surface area contributed by atoms with Gasteiger partial charge in [0, 0.05) is 24.1 Å². The number of aromatic nitrogens is 1. The largest absolute Gasteiger partial charge is 0.473 e. The molecule has 0 aliphatic carbocycles. The number of carbonyl (C=O) groups excluding carboxylic acids is 1. The minimum absolute atomic E-state index is 0.0908. The van der Waals surface area contributed by atoms with E-state index >= 15 is 0 Å². The van der Waals surface area contributed by atoms with E-state index in [9.17, 15) is 9.18 Å². The molecule has 1 atom stereocenters. The molecule has 0 spiro atoms. The Hall–Kier alpha value is -2.08. The van der Waals surface area contributed by atoms with Gasteiger partial charge in [0.1, 0.15) is 17.5 Å². The van der Waals surface area contributed by atoms with Crippen molar-refractivity contribution in [3.05, 3.63) is 59.5 Å². The lowest BCUT2D eigenvalue weighted by atomic mass is 10.2. The summed E-state index contributed by atoms with van der Waals surface area (Å²) in [5.74, 6) is 1.66. The molecular weight excluding hydrogens is 315 g/mol. The van der Waals surface area contributed by atoms with E-state index in [1.807, 2.05) is 11.8 Å². The predicted octanol–water partition coefficient (Wildman–Crippen LogP) is 3.04. The molecular formula is C17H17FN2O2S. The molecule has 0 saturated carbocycles. The lowest BCUT2D eigenvalue weighted by Crippen LogP contribution is -2.25. The number of benzene rings is 1. The molecule has 1 saturated heterocycles. The second-order valence-corrected chi connectivity index (χ2v) is 6.38. The Morgan fingerprint density at radius 3 is 3.00 bits per heavy atom. The summed E-state index contributed by atoms with van der Waals surface area (Å²) >= 11 is 1.83. The first-order chi connectivity index (χ1) is 11.2. The molecule has 120 valence electrons. The van der Waals surface area contributed by atoms with Crippen molar-refractivity contribution in [3.8, 4) is 5.88 Å². The van der Waals surface area contributed by atoms with Crippen LogP contribution in [0.4, 0.5) is 4.39 Å². The second kappa shape index (κ2) is 7.46. The average Bonchev–Trinajstić information content (AvgIpc) is 3.07. The van der Waals surface area contributed by atoms with Crippen molar-refractivity contribution in [1.29, 1.82) is 0 Å². The fourth-order valence-electron chi connectivity index (χ4n) is 2.33. The summed E-state index contributed by atoms with van der Waals surface area (Å²) in [4.78, 5) is 16.5. The number of ether oxygens (including phenoxy) is 1. The zero-order valence-electron chi connectivity index (χ0n) is 12.5. The number of hydrogen-bond acceptors (Lipinski definition) is 4. The Bertz CT molecular complexity index is 690. The van der Waals surface area contributed by atoms with Gasteiger partial charge in [-0.25, -0.2) is 9.37 Å². The van der Waals surface area contributed by atoms with E-state index < -0.39 is 0 Å². The molecule has 3 rings (SSSR count). The van der Waals surface area contributed by atoms with E-state index in [-0.39, 0.29) is 24.4 Å². The zero-order valence-corrected chi connectivity index (χ0v) is 13.3. The number of amides is 1. The van der Waals surface area contributed by atoms with Crippen molar-refractivity contribution < 1.29 is 13.9 Å². The third-order valence-corrected chi connectivity index (χ3v) is 4.71. The Kier molecular flexibility index (Phi) is 5.12. The maximum atomic E-state index is 13.6. The highest BCUT2D eigenvalue weighted by Crippen LogP contribution is 2.24. The third kappa shape index (κ3) is 4.01. The molecule has 1 aliphatic rings. The van der Waals surface area contributed by atoms with Gasteiger partial charge >= 0.3 is 0 Å². The van der Waals surface area contributed by atoms with E-state index in [1.165, 1.54) is 6.07 Å². The number of nitrogens with one attached hydrogen (secondary N) is 1. The number of halogens is 1. The van der Waals surface area contributed by atoms with Crippen molar-refractivity contribution in [2.75, 3.05) is 11.5 Å². The Balaban J connectivity index is 1.68. The summed E-state index contributed by atoms with van der Waals surface area (Å²) in [7, 11) is 0. The highest BCUT2D eigenvalue weighted by molar-refractivity contribution is 7.99. The molecule has 1 aromatic carbocycles. The lowest BCUT2D eigenvalue weighted by Gasteiger charge is -2.14. The standard InChI is InChI=1S/C17H17FN2O2S/c18-15-6-2-1-4-12(15)10-20-16(21)14-5-3-8-19-17(14)22-13-7-9-23-11-13/h1-6,8,13H,7,9-11H2,(H,20,21). The number of rotatable bonds is 5. The molecule has 1 amide bonds. The fourth-order valence-corrected chi connectivity index (χ4v) is 3.43. The van der Waals surface area contributed by atoms with Gasteiger partial charge in [-0.1, -0.05) is 18.2 Å². The van der Waals surface area contributed by atoms with Crippen LogP contribution in [0, 0.1) is 5.82 Å². The highest BCUT2D eigenvalue weighted by atomic mass is 32.2. The average molecular weight is 332 g/mol. The van der Waals surface area contributed by atoms with Gasteiger partial charge in [-0.2, -0.15) is 11.8 Å². The quantitative estimate of drug-likeness (QED) is 0.914. The predicted molar refractivity (Wildman–Crippen MR) is 88.2 cm³/mol. The molecule has 0 bridgehead atoms. The normalized spacial score (nSPS) is 17.0. The SMILES string of the molecule is O=C(NCc1ccccc1F)c1cccnc1OC1CCSC1. The van der Waals surface area contributed by atoms with Crippen molar-refractivity contribution in [2.24, 2.45) is 0 Å². The van der Waals surface area contributed by atoms with Gasteiger partial charge < -0.3 is 10.1 Å². The van der Waals surface area contributed by atoms with E-state index in [0.717, 1.165) is 17.9 Å². The Labute approximate surface area is 138 Å². The minimum atomic E-state index is -0.335. The van der Waals surface area contributed by atoms with Gasteiger partial charge in [0.05, 0.1) is 0 Å². The molecule has 23 heavy (non-hydrogen) atoms. The van der Waals surface area contributed by atoms with Gasteiger partial charge in [-0.3, -0.25) is 4.79 Å². The zero-order chi connectivity index (χ0) is 16.1. The molecule has 2 aromatic rings. The lowest BCUT2D eigenvalue weighted by molar-refractivity contribution is 0.0943. The molecule has 1 N–H and O–H groups in total. The van der Waals surface area contributed by atoms with E-state index in [4.69, 9.17) is 4.74 Å². The maximum absolute atomic E-state index is 13.6. The monoisotopic (exact) mass is 332 g/mol. The highest BCUT2D eigenvalue weighted by Gasteiger charge is 2.21. The van der Waals surface area contributed by atoms with E-state index in [2.05, 4.69) is 10.3 Å². The number of nitrogens with zero attached hydrogens (tertiary/aromatic N) is 1. The van der Waals surface area contributed by atoms with Gasteiger partial charge in [-0.15, -0.1) is 0 Å². The van der Waals surface area contributed by atoms with Crippen molar-refractivity contribution in [1.82, 2.24) is 10.3 Å².